The van der Waals surface area contributed by atoms with Gasteiger partial charge in [-0.05, 0) is 19.9 Å². The predicted molar refractivity (Wildman–Crippen MR) is 55.9 cm³/mol. The van der Waals surface area contributed by atoms with Crippen molar-refractivity contribution in [2.75, 3.05) is 0 Å². The third-order valence-corrected chi connectivity index (χ3v) is 2.11. The maximum atomic E-state index is 13.3. The molecule has 86 valence electrons. The molecule has 2 rings (SSSR count). The van der Waals surface area contributed by atoms with Crippen molar-refractivity contribution in [3.63, 3.8) is 0 Å². The van der Waals surface area contributed by atoms with Gasteiger partial charge in [-0.2, -0.15) is 0 Å². The molecule has 0 atom stereocenters. The standard InChI is InChI=1S/C11H12F2N2O/c1-6(2)16-5-10-14-9-4-7(12)3-8(13)11(9)15-10/h3-4,6H,5H2,1-2H3,(H,14,15). The van der Waals surface area contributed by atoms with Crippen LogP contribution in [-0.2, 0) is 11.3 Å². The highest BCUT2D eigenvalue weighted by Gasteiger charge is 2.09. The number of imidazole rings is 1. The minimum absolute atomic E-state index is 0.0646. The van der Waals surface area contributed by atoms with E-state index in [1.807, 2.05) is 13.8 Å². The van der Waals surface area contributed by atoms with Crippen molar-refractivity contribution in [3.8, 4) is 0 Å². The van der Waals surface area contributed by atoms with Gasteiger partial charge in [-0.3, -0.25) is 0 Å². The van der Waals surface area contributed by atoms with Gasteiger partial charge in [0.2, 0.25) is 0 Å². The highest BCUT2D eigenvalue weighted by Crippen LogP contribution is 2.17. The molecule has 3 nitrogen and oxygen atoms in total. The zero-order chi connectivity index (χ0) is 11.7. The van der Waals surface area contributed by atoms with E-state index in [0.717, 1.165) is 6.07 Å². The maximum Gasteiger partial charge on any atom is 0.153 e. The number of aromatic nitrogens is 2. The van der Waals surface area contributed by atoms with Crippen LogP contribution in [0.5, 0.6) is 0 Å². The predicted octanol–water partition coefficient (Wildman–Crippen LogP) is 2.77. The fourth-order valence-corrected chi connectivity index (χ4v) is 1.41. The SMILES string of the molecule is CC(C)OCc1nc2c(F)cc(F)cc2[nH]1. The minimum Gasteiger partial charge on any atom is -0.371 e. The molecule has 5 heteroatoms. The van der Waals surface area contributed by atoms with Crippen molar-refractivity contribution in [2.24, 2.45) is 0 Å². The van der Waals surface area contributed by atoms with Crippen molar-refractivity contribution < 1.29 is 13.5 Å². The van der Waals surface area contributed by atoms with Gasteiger partial charge in [0, 0.05) is 6.07 Å². The van der Waals surface area contributed by atoms with E-state index >= 15 is 0 Å². The van der Waals surface area contributed by atoms with E-state index in [0.29, 0.717) is 11.3 Å². The number of H-pyrrole nitrogens is 1. The third-order valence-electron chi connectivity index (χ3n) is 2.11. The lowest BCUT2D eigenvalue weighted by Crippen LogP contribution is -2.03. The molecule has 0 aliphatic carbocycles. The Morgan fingerprint density at radius 1 is 1.38 bits per heavy atom. The molecule has 0 unspecified atom stereocenters. The molecule has 1 N–H and O–H groups in total. The second kappa shape index (κ2) is 4.17. The highest BCUT2D eigenvalue weighted by molar-refractivity contribution is 5.75. The first-order valence-electron chi connectivity index (χ1n) is 5.01. The molecule has 1 aromatic carbocycles. The second-order valence-corrected chi connectivity index (χ2v) is 3.83. The number of ether oxygens (including phenoxy) is 1. The van der Waals surface area contributed by atoms with Crippen LogP contribution in [0.15, 0.2) is 12.1 Å². The molecule has 0 aliphatic rings. The number of halogens is 2. The largest absolute Gasteiger partial charge is 0.371 e. The smallest absolute Gasteiger partial charge is 0.153 e. The molecule has 0 radical (unpaired) electrons. The van der Waals surface area contributed by atoms with E-state index in [-0.39, 0.29) is 18.2 Å². The minimum atomic E-state index is -0.665. The van der Waals surface area contributed by atoms with Crippen LogP contribution >= 0.6 is 0 Å². The molecule has 0 aliphatic heterocycles. The lowest BCUT2D eigenvalue weighted by Gasteiger charge is -2.03. The zero-order valence-electron chi connectivity index (χ0n) is 9.05. The summed E-state index contributed by atoms with van der Waals surface area (Å²) >= 11 is 0. The summed E-state index contributed by atoms with van der Waals surface area (Å²) in [6.45, 7) is 4.04. The fourth-order valence-electron chi connectivity index (χ4n) is 1.41. The first-order valence-corrected chi connectivity index (χ1v) is 5.01. The molecule has 0 spiro atoms. The van der Waals surface area contributed by atoms with Gasteiger partial charge in [0.1, 0.15) is 23.8 Å². The number of hydrogen-bond acceptors (Lipinski definition) is 2. The van der Waals surface area contributed by atoms with Gasteiger partial charge in [-0.1, -0.05) is 0 Å². The van der Waals surface area contributed by atoms with Gasteiger partial charge < -0.3 is 9.72 Å². The Labute approximate surface area is 91.4 Å². The average Bonchev–Trinajstić information content (AvgIpc) is 2.57. The number of benzene rings is 1. The van der Waals surface area contributed by atoms with Crippen molar-refractivity contribution in [3.05, 3.63) is 29.6 Å². The van der Waals surface area contributed by atoms with Gasteiger partial charge in [0.15, 0.2) is 5.82 Å². The topological polar surface area (TPSA) is 37.9 Å². The first kappa shape index (κ1) is 11.0. The van der Waals surface area contributed by atoms with Crippen LogP contribution < -0.4 is 0 Å². The molecular weight excluding hydrogens is 214 g/mol. The van der Waals surface area contributed by atoms with Gasteiger partial charge >= 0.3 is 0 Å². The molecule has 0 fully saturated rings. The van der Waals surface area contributed by atoms with Gasteiger partial charge in [0.05, 0.1) is 11.6 Å². The molecule has 0 amide bonds. The number of aromatic amines is 1. The highest BCUT2D eigenvalue weighted by atomic mass is 19.1. The van der Waals surface area contributed by atoms with Gasteiger partial charge in [0.25, 0.3) is 0 Å². The monoisotopic (exact) mass is 226 g/mol. The Morgan fingerprint density at radius 2 is 2.12 bits per heavy atom. The first-order chi connectivity index (χ1) is 7.56. The summed E-state index contributed by atoms with van der Waals surface area (Å²) in [5.74, 6) is -0.791. The maximum absolute atomic E-state index is 13.3. The molecular formula is C11H12F2N2O. The molecule has 0 saturated heterocycles. The third kappa shape index (κ3) is 2.19. The number of fused-ring (bicyclic) bond motifs is 1. The lowest BCUT2D eigenvalue weighted by molar-refractivity contribution is 0.0618. The summed E-state index contributed by atoms with van der Waals surface area (Å²) < 4.78 is 31.5. The van der Waals surface area contributed by atoms with Crippen LogP contribution in [0.1, 0.15) is 19.7 Å². The number of nitrogens with zero attached hydrogens (tertiary/aromatic N) is 1. The van der Waals surface area contributed by atoms with Gasteiger partial charge in [-0.15, -0.1) is 0 Å². The average molecular weight is 226 g/mol. The number of rotatable bonds is 3. The van der Waals surface area contributed by atoms with Crippen LogP contribution in [0, 0.1) is 11.6 Å². The summed E-state index contributed by atoms with van der Waals surface area (Å²) in [5, 5.41) is 0. The van der Waals surface area contributed by atoms with Crippen molar-refractivity contribution in [1.29, 1.82) is 0 Å². The van der Waals surface area contributed by atoms with Crippen molar-refractivity contribution in [1.82, 2.24) is 9.97 Å². The Kier molecular flexibility index (Phi) is 2.87. The number of nitrogens with one attached hydrogen (secondary N) is 1. The summed E-state index contributed by atoms with van der Waals surface area (Å²) in [5.41, 5.74) is 0.489. The lowest BCUT2D eigenvalue weighted by atomic mass is 10.3. The zero-order valence-corrected chi connectivity index (χ0v) is 9.05. The molecule has 1 heterocycles. The summed E-state index contributed by atoms with van der Waals surface area (Å²) in [6, 6.07) is 2.03. The van der Waals surface area contributed by atoms with E-state index in [9.17, 15) is 8.78 Å². The van der Waals surface area contributed by atoms with Crippen LogP contribution in [-0.4, -0.2) is 16.1 Å². The number of hydrogen-bond donors (Lipinski definition) is 1. The van der Waals surface area contributed by atoms with E-state index in [4.69, 9.17) is 4.74 Å². The summed E-state index contributed by atoms with van der Waals surface area (Å²) in [7, 11) is 0. The summed E-state index contributed by atoms with van der Waals surface area (Å²) in [4.78, 5) is 6.82. The fraction of sp³-hybridized carbons (Fsp3) is 0.364. The molecule has 16 heavy (non-hydrogen) atoms. The summed E-state index contributed by atoms with van der Waals surface area (Å²) in [6.07, 6.45) is 0.0646. The van der Waals surface area contributed by atoms with Crippen LogP contribution in [0.3, 0.4) is 0 Å². The Morgan fingerprint density at radius 3 is 2.81 bits per heavy atom. The normalized spacial score (nSPS) is 11.6. The molecule has 0 bridgehead atoms. The van der Waals surface area contributed by atoms with E-state index in [2.05, 4.69) is 9.97 Å². The quantitative estimate of drug-likeness (QED) is 0.873. The molecule has 1 aromatic heterocycles. The second-order valence-electron chi connectivity index (χ2n) is 3.83. The van der Waals surface area contributed by atoms with Crippen LogP contribution in [0.25, 0.3) is 11.0 Å². The van der Waals surface area contributed by atoms with Gasteiger partial charge in [-0.25, -0.2) is 13.8 Å². The van der Waals surface area contributed by atoms with E-state index in [1.165, 1.54) is 6.07 Å². The Balaban J connectivity index is 2.33. The Hall–Kier alpha value is -1.49. The van der Waals surface area contributed by atoms with Crippen LogP contribution in [0.2, 0.25) is 0 Å². The van der Waals surface area contributed by atoms with Crippen molar-refractivity contribution in [2.45, 2.75) is 26.6 Å². The van der Waals surface area contributed by atoms with Crippen LogP contribution in [0.4, 0.5) is 8.78 Å². The molecule has 2 aromatic rings. The van der Waals surface area contributed by atoms with E-state index < -0.39 is 11.6 Å². The van der Waals surface area contributed by atoms with Crippen molar-refractivity contribution >= 4 is 11.0 Å². The molecule has 0 saturated carbocycles. The Bertz CT molecular complexity index is 508. The van der Waals surface area contributed by atoms with E-state index in [1.54, 1.807) is 0 Å².